The van der Waals surface area contributed by atoms with Crippen LogP contribution in [-0.2, 0) is 6.54 Å². The molecule has 4 aromatic heterocycles. The van der Waals surface area contributed by atoms with Gasteiger partial charge in [0.1, 0.15) is 0 Å². The van der Waals surface area contributed by atoms with E-state index in [0.717, 1.165) is 40.5 Å². The number of carbonyl (C=O) groups is 1. The predicted molar refractivity (Wildman–Crippen MR) is 127 cm³/mol. The summed E-state index contributed by atoms with van der Waals surface area (Å²) < 4.78 is 1.75. The van der Waals surface area contributed by atoms with Gasteiger partial charge in [0.15, 0.2) is 0 Å². The molecule has 0 atom stereocenters. The van der Waals surface area contributed by atoms with Crippen LogP contribution in [-0.4, -0.2) is 42.6 Å². The van der Waals surface area contributed by atoms with E-state index in [4.69, 9.17) is 4.98 Å². The van der Waals surface area contributed by atoms with Crippen LogP contribution in [0.25, 0.3) is 17.2 Å². The third-order valence-electron chi connectivity index (χ3n) is 5.56. The van der Waals surface area contributed by atoms with Gasteiger partial charge in [-0.2, -0.15) is 5.10 Å². The molecule has 0 spiro atoms. The molecule has 4 aromatic rings. The molecule has 0 saturated heterocycles. The van der Waals surface area contributed by atoms with E-state index in [1.807, 2.05) is 25.4 Å². The van der Waals surface area contributed by atoms with Crippen molar-refractivity contribution in [1.82, 2.24) is 29.6 Å². The minimum absolute atomic E-state index is 0.0516. The van der Waals surface area contributed by atoms with Gasteiger partial charge in [-0.15, -0.1) is 22.7 Å². The lowest BCUT2D eigenvalue weighted by atomic mass is 10.1. The van der Waals surface area contributed by atoms with Crippen LogP contribution in [0.3, 0.4) is 0 Å². The van der Waals surface area contributed by atoms with E-state index in [9.17, 15) is 4.79 Å². The maximum atomic E-state index is 13.3. The Bertz CT molecular complexity index is 1300. The molecule has 1 fully saturated rings. The normalized spacial score (nSPS) is 13.5. The number of amides is 1. The summed E-state index contributed by atoms with van der Waals surface area (Å²) in [5.74, 6) is 0.762. The Morgan fingerprint density at radius 1 is 1.25 bits per heavy atom. The number of carbonyl (C=O) groups excluding carboxylic acids is 1. The SMILES string of the molecule is Cc1cc(-c2ccnc(-n3ncc(C(=O)N(C)Cc4csc(C)n4)c3C3CC3)n2)c(C)s1. The Hall–Kier alpha value is -2.91. The van der Waals surface area contributed by atoms with Crippen LogP contribution in [0.2, 0.25) is 0 Å². The van der Waals surface area contributed by atoms with Crippen LogP contribution in [0.1, 0.15) is 55.3 Å². The topological polar surface area (TPSA) is 76.8 Å². The van der Waals surface area contributed by atoms with Crippen LogP contribution >= 0.6 is 22.7 Å². The summed E-state index contributed by atoms with van der Waals surface area (Å²) in [4.78, 5) is 31.3. The number of hydrogen-bond acceptors (Lipinski definition) is 7. The zero-order chi connectivity index (χ0) is 22.4. The van der Waals surface area contributed by atoms with Gasteiger partial charge in [-0.3, -0.25) is 4.79 Å². The average molecular weight is 465 g/mol. The Kier molecular flexibility index (Phi) is 5.38. The molecule has 1 saturated carbocycles. The molecule has 0 bridgehead atoms. The molecule has 1 amide bonds. The maximum absolute atomic E-state index is 13.3. The van der Waals surface area contributed by atoms with E-state index >= 15 is 0 Å². The summed E-state index contributed by atoms with van der Waals surface area (Å²) >= 11 is 3.35. The second kappa shape index (κ2) is 8.22. The second-order valence-corrected chi connectivity index (χ2v) is 10.7. The zero-order valence-electron chi connectivity index (χ0n) is 18.5. The first-order valence-electron chi connectivity index (χ1n) is 10.6. The monoisotopic (exact) mass is 464 g/mol. The Labute approximate surface area is 194 Å². The van der Waals surface area contributed by atoms with Crippen LogP contribution in [0, 0.1) is 20.8 Å². The first kappa shape index (κ1) is 21.0. The fourth-order valence-corrected chi connectivity index (χ4v) is 5.46. The van der Waals surface area contributed by atoms with Gasteiger partial charge in [0.05, 0.1) is 40.4 Å². The Morgan fingerprint density at radius 2 is 2.06 bits per heavy atom. The smallest absolute Gasteiger partial charge is 0.257 e. The summed E-state index contributed by atoms with van der Waals surface area (Å²) in [7, 11) is 1.81. The molecule has 0 radical (unpaired) electrons. The van der Waals surface area contributed by atoms with Gasteiger partial charge in [-0.25, -0.2) is 19.6 Å². The van der Waals surface area contributed by atoms with Crippen molar-refractivity contribution in [2.75, 3.05) is 7.05 Å². The van der Waals surface area contributed by atoms with Crippen molar-refractivity contribution in [3.63, 3.8) is 0 Å². The van der Waals surface area contributed by atoms with Gasteiger partial charge in [-0.05, 0) is 45.7 Å². The largest absolute Gasteiger partial charge is 0.336 e. The Morgan fingerprint density at radius 3 is 2.72 bits per heavy atom. The molecular formula is C23H24N6OS2. The first-order valence-corrected chi connectivity index (χ1v) is 12.3. The number of aromatic nitrogens is 5. The van der Waals surface area contributed by atoms with E-state index in [0.29, 0.717) is 24.0 Å². The van der Waals surface area contributed by atoms with E-state index in [-0.39, 0.29) is 5.91 Å². The first-order chi connectivity index (χ1) is 15.4. The molecule has 0 aromatic carbocycles. The minimum atomic E-state index is -0.0516. The molecule has 0 aliphatic heterocycles. The summed E-state index contributed by atoms with van der Waals surface area (Å²) in [5, 5.41) is 7.56. The van der Waals surface area contributed by atoms with E-state index < -0.39 is 0 Å². The van der Waals surface area contributed by atoms with Gasteiger partial charge in [-0.1, -0.05) is 0 Å². The third-order valence-corrected chi connectivity index (χ3v) is 7.35. The van der Waals surface area contributed by atoms with E-state index in [2.05, 4.69) is 35.0 Å². The molecule has 32 heavy (non-hydrogen) atoms. The zero-order valence-corrected chi connectivity index (χ0v) is 20.1. The van der Waals surface area contributed by atoms with Crippen LogP contribution in [0.5, 0.6) is 0 Å². The lowest BCUT2D eigenvalue weighted by Gasteiger charge is -2.16. The fourth-order valence-electron chi connectivity index (χ4n) is 3.92. The molecule has 164 valence electrons. The van der Waals surface area contributed by atoms with Gasteiger partial charge < -0.3 is 4.90 Å². The average Bonchev–Trinajstić information content (AvgIpc) is 3.22. The van der Waals surface area contributed by atoms with Gasteiger partial charge >= 0.3 is 0 Å². The van der Waals surface area contributed by atoms with Crippen molar-refractivity contribution in [1.29, 1.82) is 0 Å². The molecule has 7 nitrogen and oxygen atoms in total. The number of thiophene rings is 1. The molecule has 1 aliphatic carbocycles. The van der Waals surface area contributed by atoms with E-state index in [1.54, 1.807) is 44.6 Å². The fraction of sp³-hybridized carbons (Fsp3) is 0.348. The van der Waals surface area contributed by atoms with Crippen molar-refractivity contribution in [3.8, 4) is 17.2 Å². The highest BCUT2D eigenvalue weighted by atomic mass is 32.1. The second-order valence-electron chi connectivity index (χ2n) is 8.22. The number of hydrogen-bond donors (Lipinski definition) is 0. The molecule has 5 rings (SSSR count). The number of nitrogens with zero attached hydrogens (tertiary/aromatic N) is 6. The molecule has 0 N–H and O–H groups in total. The van der Waals surface area contributed by atoms with Gasteiger partial charge in [0.25, 0.3) is 11.9 Å². The van der Waals surface area contributed by atoms with Crippen molar-refractivity contribution in [2.24, 2.45) is 0 Å². The highest BCUT2D eigenvalue weighted by molar-refractivity contribution is 7.12. The van der Waals surface area contributed by atoms with Crippen molar-refractivity contribution >= 4 is 28.6 Å². The predicted octanol–water partition coefficient (Wildman–Crippen LogP) is 4.92. The van der Waals surface area contributed by atoms with Crippen LogP contribution in [0.4, 0.5) is 0 Å². The number of thiazole rings is 1. The molecule has 9 heteroatoms. The third kappa shape index (κ3) is 3.98. The summed E-state index contributed by atoms with van der Waals surface area (Å²) in [6.07, 6.45) is 5.52. The quantitative estimate of drug-likeness (QED) is 0.405. The Balaban J connectivity index is 1.48. The summed E-state index contributed by atoms with van der Waals surface area (Å²) in [6.45, 7) is 6.65. The molecule has 4 heterocycles. The number of aryl methyl sites for hydroxylation is 3. The summed E-state index contributed by atoms with van der Waals surface area (Å²) in [6, 6.07) is 4.08. The molecular weight excluding hydrogens is 440 g/mol. The van der Waals surface area contributed by atoms with Crippen LogP contribution < -0.4 is 0 Å². The lowest BCUT2D eigenvalue weighted by molar-refractivity contribution is 0.0782. The van der Waals surface area contributed by atoms with Gasteiger partial charge in [0, 0.05) is 39.9 Å². The van der Waals surface area contributed by atoms with Gasteiger partial charge in [0.2, 0.25) is 0 Å². The van der Waals surface area contributed by atoms with Crippen molar-refractivity contribution in [3.05, 3.63) is 61.6 Å². The number of rotatable bonds is 6. The molecule has 0 unspecified atom stereocenters. The maximum Gasteiger partial charge on any atom is 0.257 e. The lowest BCUT2D eigenvalue weighted by Crippen LogP contribution is -2.27. The van der Waals surface area contributed by atoms with E-state index in [1.165, 1.54) is 9.75 Å². The van der Waals surface area contributed by atoms with Crippen LogP contribution in [0.15, 0.2) is 29.9 Å². The van der Waals surface area contributed by atoms with Crippen molar-refractivity contribution in [2.45, 2.75) is 46.1 Å². The highest BCUT2D eigenvalue weighted by Gasteiger charge is 2.34. The highest BCUT2D eigenvalue weighted by Crippen LogP contribution is 2.42. The van der Waals surface area contributed by atoms with Crippen molar-refractivity contribution < 1.29 is 4.79 Å². The molecule has 1 aliphatic rings. The standard InChI is InChI=1S/C23H24N6OS2/c1-13-9-18(14(2)32-13)20-7-8-24-23(27-20)29-21(16-5-6-16)19(10-25-29)22(30)28(4)11-17-12-31-15(3)26-17/h7-10,12,16H,5-6,11H2,1-4H3. The minimum Gasteiger partial charge on any atom is -0.336 e. The summed E-state index contributed by atoms with van der Waals surface area (Å²) in [5.41, 5.74) is 4.43.